The average molecular weight is 670 g/mol. The van der Waals surface area contributed by atoms with Crippen LogP contribution in [0.15, 0.2) is 72.0 Å². The van der Waals surface area contributed by atoms with E-state index >= 15 is 0 Å². The first-order chi connectivity index (χ1) is 23.7. The van der Waals surface area contributed by atoms with Crippen molar-refractivity contribution < 1.29 is 19.1 Å². The number of piperidine rings is 1. The average Bonchev–Trinajstić information content (AvgIpc) is 3.13. The molecule has 2 saturated heterocycles. The molecule has 2 heterocycles. The molecule has 262 valence electrons. The minimum Gasteiger partial charge on any atom is -0.481 e. The second kappa shape index (κ2) is 17.1. The van der Waals surface area contributed by atoms with Crippen molar-refractivity contribution in [3.05, 3.63) is 77.5 Å². The molecule has 0 radical (unpaired) electrons. The predicted octanol–water partition coefficient (Wildman–Crippen LogP) is 3.74. The highest BCUT2D eigenvalue weighted by molar-refractivity contribution is 6.05. The van der Waals surface area contributed by atoms with E-state index in [0.29, 0.717) is 42.2 Å². The zero-order chi connectivity index (χ0) is 34.8. The van der Waals surface area contributed by atoms with Gasteiger partial charge in [-0.2, -0.15) is 0 Å². The van der Waals surface area contributed by atoms with E-state index in [1.165, 1.54) is 5.69 Å². The van der Waals surface area contributed by atoms with E-state index < -0.39 is 6.10 Å². The number of carbonyl (C=O) groups is 3. The summed E-state index contributed by atoms with van der Waals surface area (Å²) in [6, 6.07) is 16.2. The van der Waals surface area contributed by atoms with E-state index in [0.717, 1.165) is 82.6 Å². The van der Waals surface area contributed by atoms with Crippen LogP contribution >= 0.6 is 0 Å². The number of benzene rings is 2. The molecule has 5 rings (SSSR count). The summed E-state index contributed by atoms with van der Waals surface area (Å²) >= 11 is 0. The molecule has 0 bridgehead atoms. The van der Waals surface area contributed by atoms with Crippen molar-refractivity contribution in [3.8, 4) is 5.75 Å². The third-order valence-corrected chi connectivity index (χ3v) is 10.0. The van der Waals surface area contributed by atoms with Gasteiger partial charge in [0.15, 0.2) is 11.9 Å². The number of aldehydes is 1. The molecule has 0 aromatic heterocycles. The summed E-state index contributed by atoms with van der Waals surface area (Å²) < 4.78 is 5.88. The summed E-state index contributed by atoms with van der Waals surface area (Å²) in [6.45, 7) is 7.11. The van der Waals surface area contributed by atoms with Crippen LogP contribution < -0.4 is 31.3 Å². The second-order valence-electron chi connectivity index (χ2n) is 13.3. The standard InChI is InChI=1S/C38H51N7O4/c1-42-38(48)36(7-4-24-46)49-31-14-12-30(13-15-31)45-22-20-43(21-23-45)26-27-16-18-44(19-17-27)29-10-8-28(9-11-29)33(37(40)41)25-34(39)32-5-2-3-6-35(32)47/h3,6,8-15,24,27,33,36H,2,4-5,7,16-23,25-26,39H2,1H3,(H3,40,41)(H,42,48)/b34-32-. The third kappa shape index (κ3) is 9.50. The van der Waals surface area contributed by atoms with E-state index in [1.54, 1.807) is 13.1 Å². The molecule has 2 unspecified atom stereocenters. The minimum atomic E-state index is -0.685. The number of amides is 1. The first-order valence-corrected chi connectivity index (χ1v) is 17.5. The fourth-order valence-electron chi connectivity index (χ4n) is 7.08. The van der Waals surface area contributed by atoms with Crippen molar-refractivity contribution in [2.75, 3.05) is 62.7 Å². The third-order valence-electron chi connectivity index (χ3n) is 10.0. The number of ether oxygens (including phenoxy) is 1. The van der Waals surface area contributed by atoms with Crippen molar-refractivity contribution in [1.29, 1.82) is 5.41 Å². The van der Waals surface area contributed by atoms with E-state index in [9.17, 15) is 14.4 Å². The van der Waals surface area contributed by atoms with Crippen LogP contribution in [0, 0.1) is 11.3 Å². The van der Waals surface area contributed by atoms with E-state index in [2.05, 4.69) is 32.1 Å². The van der Waals surface area contributed by atoms with Gasteiger partial charge in [0.05, 0.1) is 5.84 Å². The van der Waals surface area contributed by atoms with Crippen molar-refractivity contribution in [2.45, 2.75) is 57.0 Å². The van der Waals surface area contributed by atoms with Crippen molar-refractivity contribution >= 4 is 35.2 Å². The number of rotatable bonds is 14. The predicted molar refractivity (Wildman–Crippen MR) is 194 cm³/mol. The first kappa shape index (κ1) is 35.7. The van der Waals surface area contributed by atoms with E-state index in [1.807, 2.05) is 42.5 Å². The molecule has 49 heavy (non-hydrogen) atoms. The maximum absolute atomic E-state index is 12.3. The van der Waals surface area contributed by atoms with Crippen LogP contribution in [-0.2, 0) is 14.4 Å². The maximum Gasteiger partial charge on any atom is 0.260 e. The summed E-state index contributed by atoms with van der Waals surface area (Å²) in [5, 5.41) is 10.8. The molecule has 11 nitrogen and oxygen atoms in total. The molecule has 2 aliphatic heterocycles. The van der Waals surface area contributed by atoms with Gasteiger partial charge in [0, 0.05) is 101 Å². The van der Waals surface area contributed by atoms with Gasteiger partial charge in [0.2, 0.25) is 0 Å². The molecular weight excluding hydrogens is 618 g/mol. The Hall–Kier alpha value is -4.64. The van der Waals surface area contributed by atoms with Gasteiger partial charge in [-0.3, -0.25) is 19.9 Å². The van der Waals surface area contributed by atoms with Gasteiger partial charge in [-0.15, -0.1) is 0 Å². The molecule has 0 spiro atoms. The Morgan fingerprint density at radius 2 is 1.61 bits per heavy atom. The number of nitrogens with two attached hydrogens (primary N) is 2. The summed E-state index contributed by atoms with van der Waals surface area (Å²) in [7, 11) is 1.57. The van der Waals surface area contributed by atoms with Gasteiger partial charge < -0.3 is 36.1 Å². The fourth-order valence-corrected chi connectivity index (χ4v) is 7.08. The Kier molecular flexibility index (Phi) is 12.5. The van der Waals surface area contributed by atoms with E-state index in [4.69, 9.17) is 21.6 Å². The zero-order valence-corrected chi connectivity index (χ0v) is 28.6. The molecule has 1 aliphatic carbocycles. The van der Waals surface area contributed by atoms with Crippen LogP contribution in [0.2, 0.25) is 0 Å². The van der Waals surface area contributed by atoms with Gasteiger partial charge in [-0.25, -0.2) is 0 Å². The lowest BCUT2D eigenvalue weighted by molar-refractivity contribution is -0.128. The molecule has 2 atom stereocenters. The molecule has 1 amide bonds. The van der Waals surface area contributed by atoms with Crippen molar-refractivity contribution in [2.24, 2.45) is 17.4 Å². The fraction of sp³-hybridized carbons (Fsp3) is 0.474. The first-order valence-electron chi connectivity index (χ1n) is 17.5. The topological polar surface area (TPSA) is 158 Å². The number of hydrogen-bond donors (Lipinski definition) is 4. The van der Waals surface area contributed by atoms with Crippen LogP contribution in [0.4, 0.5) is 11.4 Å². The maximum atomic E-state index is 12.3. The largest absolute Gasteiger partial charge is 0.481 e. The molecule has 0 saturated carbocycles. The van der Waals surface area contributed by atoms with Gasteiger partial charge in [-0.1, -0.05) is 18.2 Å². The lowest BCUT2D eigenvalue weighted by atomic mass is 9.89. The van der Waals surface area contributed by atoms with Gasteiger partial charge >= 0.3 is 0 Å². The molecule has 2 aromatic rings. The summed E-state index contributed by atoms with van der Waals surface area (Å²) in [5.41, 5.74) is 16.8. The molecule has 2 aromatic carbocycles. The Morgan fingerprint density at radius 3 is 2.20 bits per heavy atom. The van der Waals surface area contributed by atoms with E-state index in [-0.39, 0.29) is 29.9 Å². The Balaban J connectivity index is 1.06. The molecular formula is C38H51N7O4. The highest BCUT2D eigenvalue weighted by Crippen LogP contribution is 2.30. The molecule has 6 N–H and O–H groups in total. The highest BCUT2D eigenvalue weighted by atomic mass is 16.5. The summed E-state index contributed by atoms with van der Waals surface area (Å²) in [6.07, 6.45) is 8.31. The number of anilines is 2. The number of hydrogen-bond acceptors (Lipinski definition) is 9. The second-order valence-corrected chi connectivity index (χ2v) is 13.3. The van der Waals surface area contributed by atoms with Gasteiger partial charge in [0.1, 0.15) is 12.0 Å². The molecule has 11 heteroatoms. The molecule has 3 aliphatic rings. The lowest BCUT2D eigenvalue weighted by Gasteiger charge is -2.40. The van der Waals surface area contributed by atoms with Gasteiger partial charge in [0.25, 0.3) is 5.91 Å². The molecule has 2 fully saturated rings. The normalized spacial score (nSPS) is 19.7. The number of nitrogens with zero attached hydrogens (tertiary/aromatic N) is 3. The van der Waals surface area contributed by atoms with Crippen LogP contribution in [-0.4, -0.2) is 87.7 Å². The zero-order valence-electron chi connectivity index (χ0n) is 28.6. The van der Waals surface area contributed by atoms with Crippen LogP contribution in [0.25, 0.3) is 0 Å². The number of likely N-dealkylation sites (N-methyl/N-ethyl adjacent to an activating group) is 1. The number of allylic oxidation sites excluding steroid dienone is 4. The monoisotopic (exact) mass is 669 g/mol. The number of carbonyl (C=O) groups excluding carboxylic acids is 3. The quantitative estimate of drug-likeness (QED) is 0.102. The highest BCUT2D eigenvalue weighted by Gasteiger charge is 2.26. The van der Waals surface area contributed by atoms with Crippen molar-refractivity contribution in [1.82, 2.24) is 10.2 Å². The lowest BCUT2D eigenvalue weighted by Crippen LogP contribution is -2.49. The summed E-state index contributed by atoms with van der Waals surface area (Å²) in [5.74, 6) is 0.720. The number of amidine groups is 1. The Bertz CT molecular complexity index is 1510. The number of nitrogens with one attached hydrogen (secondary N) is 2. The number of ketones is 1. The number of piperazine rings is 1. The Labute approximate surface area is 289 Å². The van der Waals surface area contributed by atoms with Crippen molar-refractivity contribution in [3.63, 3.8) is 0 Å². The SMILES string of the molecule is CNC(=O)C(CCC=O)Oc1ccc(N2CCN(CC3CCN(c4ccc(C(C/C(N)=C5\CCC=CC5=O)C(=N)N)cc4)CC3)CC2)cc1. The minimum absolute atomic E-state index is 0.0377. The van der Waals surface area contributed by atoms with Gasteiger partial charge in [-0.05, 0) is 79.6 Å². The smallest absolute Gasteiger partial charge is 0.260 e. The van der Waals surface area contributed by atoms with Crippen LogP contribution in [0.5, 0.6) is 5.75 Å². The van der Waals surface area contributed by atoms with Crippen LogP contribution in [0.1, 0.15) is 56.4 Å². The summed E-state index contributed by atoms with van der Waals surface area (Å²) in [4.78, 5) is 42.6. The van der Waals surface area contributed by atoms with Crippen LogP contribution in [0.3, 0.4) is 0 Å². The Morgan fingerprint density at radius 1 is 0.980 bits per heavy atom.